The maximum atomic E-state index is 5.98. The van der Waals surface area contributed by atoms with Crippen LogP contribution in [0.1, 0.15) is 16.7 Å². The number of hydrogen-bond donors (Lipinski definition) is 3. The number of rotatable bonds is 6. The van der Waals surface area contributed by atoms with Crippen molar-refractivity contribution < 1.29 is 4.74 Å². The summed E-state index contributed by atoms with van der Waals surface area (Å²) in [6.07, 6.45) is 2.89. The van der Waals surface area contributed by atoms with Gasteiger partial charge in [0.15, 0.2) is 0 Å². The molecule has 0 aliphatic heterocycles. The highest BCUT2D eigenvalue weighted by Crippen LogP contribution is 2.27. The van der Waals surface area contributed by atoms with Gasteiger partial charge in [0, 0.05) is 35.3 Å². The van der Waals surface area contributed by atoms with E-state index in [0.29, 0.717) is 0 Å². The van der Waals surface area contributed by atoms with Crippen molar-refractivity contribution >= 4 is 22.7 Å². The number of methoxy groups -OCH3 is 1. The first-order valence-corrected chi connectivity index (χ1v) is 9.64. The number of nitrogens with zero attached hydrogens (tertiary/aromatic N) is 2. The highest BCUT2D eigenvalue weighted by Gasteiger charge is 2.10. The van der Waals surface area contributed by atoms with E-state index in [1.54, 1.807) is 7.11 Å². The van der Waals surface area contributed by atoms with Gasteiger partial charge in [0.25, 0.3) is 0 Å². The summed E-state index contributed by atoms with van der Waals surface area (Å²) >= 11 is 0. The molecule has 0 radical (unpaired) electrons. The lowest BCUT2D eigenvalue weighted by atomic mass is 10.0. The largest absolute Gasteiger partial charge is 0.497 e. The lowest BCUT2D eigenvalue weighted by Gasteiger charge is -2.11. The van der Waals surface area contributed by atoms with Crippen LogP contribution in [-0.2, 0) is 6.42 Å². The molecule has 2 aromatic carbocycles. The second kappa shape index (κ2) is 7.83. The Balaban J connectivity index is 1.52. The van der Waals surface area contributed by atoms with Gasteiger partial charge in [0.1, 0.15) is 11.6 Å². The zero-order valence-electron chi connectivity index (χ0n) is 16.9. The van der Waals surface area contributed by atoms with Crippen LogP contribution in [0.2, 0.25) is 0 Å². The van der Waals surface area contributed by atoms with E-state index < -0.39 is 0 Å². The normalized spacial score (nSPS) is 11.0. The van der Waals surface area contributed by atoms with Gasteiger partial charge in [-0.2, -0.15) is 4.98 Å². The van der Waals surface area contributed by atoms with Crippen LogP contribution >= 0.6 is 0 Å². The van der Waals surface area contributed by atoms with Gasteiger partial charge in [-0.15, -0.1) is 0 Å². The van der Waals surface area contributed by atoms with Crippen molar-refractivity contribution in [3.63, 3.8) is 0 Å². The molecule has 2 heterocycles. The molecule has 4 rings (SSSR count). The van der Waals surface area contributed by atoms with Gasteiger partial charge < -0.3 is 20.8 Å². The van der Waals surface area contributed by atoms with Gasteiger partial charge in [-0.1, -0.05) is 18.2 Å². The van der Waals surface area contributed by atoms with Crippen molar-refractivity contribution in [1.29, 1.82) is 0 Å². The number of aromatic amines is 1. The molecule has 0 fully saturated rings. The van der Waals surface area contributed by atoms with Crippen LogP contribution in [-0.4, -0.2) is 28.6 Å². The molecule has 0 spiro atoms. The Bertz CT molecular complexity index is 1170. The summed E-state index contributed by atoms with van der Waals surface area (Å²) in [5.41, 5.74) is 12.6. The number of fused-ring (bicyclic) bond motifs is 1. The van der Waals surface area contributed by atoms with E-state index >= 15 is 0 Å². The molecular formula is C23H25N5O. The van der Waals surface area contributed by atoms with E-state index in [1.165, 1.54) is 22.1 Å². The number of aromatic nitrogens is 3. The topological polar surface area (TPSA) is 88.8 Å². The molecule has 0 amide bonds. The third kappa shape index (κ3) is 3.87. The molecule has 4 aromatic rings. The first-order chi connectivity index (χ1) is 14.0. The molecule has 29 heavy (non-hydrogen) atoms. The molecule has 0 aliphatic carbocycles. The zero-order chi connectivity index (χ0) is 20.4. The van der Waals surface area contributed by atoms with Gasteiger partial charge in [0.05, 0.1) is 12.8 Å². The average molecular weight is 387 g/mol. The highest BCUT2D eigenvalue weighted by molar-refractivity contribution is 5.84. The number of nitrogens with one attached hydrogen (secondary N) is 2. The summed E-state index contributed by atoms with van der Waals surface area (Å²) in [4.78, 5) is 12.1. The van der Waals surface area contributed by atoms with Crippen molar-refractivity contribution in [1.82, 2.24) is 15.0 Å². The Hall–Kier alpha value is -3.54. The molecule has 4 N–H and O–H groups in total. The van der Waals surface area contributed by atoms with Crippen LogP contribution in [0.4, 0.5) is 11.8 Å². The lowest BCUT2D eigenvalue weighted by molar-refractivity contribution is 0.415. The minimum Gasteiger partial charge on any atom is -0.497 e. The van der Waals surface area contributed by atoms with Crippen molar-refractivity contribution in [2.45, 2.75) is 20.3 Å². The number of anilines is 2. The third-order valence-corrected chi connectivity index (χ3v) is 5.30. The number of H-pyrrole nitrogens is 1. The zero-order valence-corrected chi connectivity index (χ0v) is 16.9. The number of aryl methyl sites for hydroxylation is 1. The second-order valence-electron chi connectivity index (χ2n) is 7.15. The van der Waals surface area contributed by atoms with E-state index in [1.807, 2.05) is 30.5 Å². The van der Waals surface area contributed by atoms with Crippen molar-refractivity contribution in [3.8, 4) is 17.0 Å². The Morgan fingerprint density at radius 3 is 2.79 bits per heavy atom. The fourth-order valence-corrected chi connectivity index (χ4v) is 3.54. The second-order valence-corrected chi connectivity index (χ2v) is 7.15. The van der Waals surface area contributed by atoms with Gasteiger partial charge >= 0.3 is 0 Å². The molecule has 2 aromatic heterocycles. The minimum absolute atomic E-state index is 0.266. The number of nitrogen functional groups attached to an aromatic ring is 1. The monoisotopic (exact) mass is 387 g/mol. The highest BCUT2D eigenvalue weighted by atomic mass is 16.5. The Kier molecular flexibility index (Phi) is 5.08. The molecule has 6 heteroatoms. The number of hydrogen-bond acceptors (Lipinski definition) is 5. The summed E-state index contributed by atoms with van der Waals surface area (Å²) in [6, 6.07) is 14.2. The minimum atomic E-state index is 0.266. The van der Waals surface area contributed by atoms with E-state index in [0.717, 1.165) is 41.3 Å². The van der Waals surface area contributed by atoms with Crippen LogP contribution in [0, 0.1) is 13.8 Å². The Labute approximate surface area is 170 Å². The quantitative estimate of drug-likeness (QED) is 0.454. The molecule has 0 unspecified atom stereocenters. The van der Waals surface area contributed by atoms with E-state index in [-0.39, 0.29) is 5.95 Å². The average Bonchev–Trinajstić information content (AvgIpc) is 3.12. The maximum absolute atomic E-state index is 5.98. The number of nitrogens with two attached hydrogens (primary N) is 1. The van der Waals surface area contributed by atoms with E-state index in [4.69, 9.17) is 10.5 Å². The molecule has 0 saturated carbocycles. The molecule has 0 saturated heterocycles. The van der Waals surface area contributed by atoms with Crippen LogP contribution < -0.4 is 15.8 Å². The number of benzene rings is 2. The van der Waals surface area contributed by atoms with Gasteiger partial charge in [-0.25, -0.2) is 4.98 Å². The van der Waals surface area contributed by atoms with Gasteiger partial charge in [-0.05, 0) is 55.2 Å². The summed E-state index contributed by atoms with van der Waals surface area (Å²) in [6.45, 7) is 4.92. The van der Waals surface area contributed by atoms with Crippen LogP contribution in [0.25, 0.3) is 22.2 Å². The first kappa shape index (κ1) is 18.8. The van der Waals surface area contributed by atoms with E-state index in [2.05, 4.69) is 52.3 Å². The van der Waals surface area contributed by atoms with Crippen molar-refractivity contribution in [2.75, 3.05) is 24.7 Å². The maximum Gasteiger partial charge on any atom is 0.222 e. The molecule has 0 bridgehead atoms. The number of ether oxygens (including phenoxy) is 1. The predicted octanol–water partition coefficient (Wildman–Crippen LogP) is 4.49. The summed E-state index contributed by atoms with van der Waals surface area (Å²) in [5.74, 6) is 1.85. The summed E-state index contributed by atoms with van der Waals surface area (Å²) in [7, 11) is 1.68. The lowest BCUT2D eigenvalue weighted by Crippen LogP contribution is -2.08. The fraction of sp³-hybridized carbons (Fsp3) is 0.217. The smallest absolute Gasteiger partial charge is 0.222 e. The standard InChI is InChI=1S/C23H25N5O/c1-14-5-4-6-18(15(14)2)21-12-22(28-23(24)27-21)25-10-9-16-13-26-20-8-7-17(29-3)11-19(16)20/h4-8,11-13,26H,9-10H2,1-3H3,(H3,24,25,27,28). The van der Waals surface area contributed by atoms with Crippen LogP contribution in [0.3, 0.4) is 0 Å². The van der Waals surface area contributed by atoms with Crippen molar-refractivity contribution in [3.05, 3.63) is 65.4 Å². The summed E-state index contributed by atoms with van der Waals surface area (Å²) in [5, 5.41) is 4.56. The van der Waals surface area contributed by atoms with Gasteiger partial charge in [-0.3, -0.25) is 0 Å². The third-order valence-electron chi connectivity index (χ3n) is 5.30. The fourth-order valence-electron chi connectivity index (χ4n) is 3.54. The molecule has 0 atom stereocenters. The molecule has 148 valence electrons. The van der Waals surface area contributed by atoms with E-state index in [9.17, 15) is 0 Å². The van der Waals surface area contributed by atoms with Gasteiger partial charge in [0.2, 0.25) is 5.95 Å². The Morgan fingerprint density at radius 2 is 1.97 bits per heavy atom. The summed E-state index contributed by atoms with van der Waals surface area (Å²) < 4.78 is 5.35. The molecule has 6 nitrogen and oxygen atoms in total. The van der Waals surface area contributed by atoms with Crippen molar-refractivity contribution in [2.24, 2.45) is 0 Å². The SMILES string of the molecule is COc1ccc2[nH]cc(CCNc3cc(-c4cccc(C)c4C)nc(N)n3)c2c1. The van der Waals surface area contributed by atoms with Crippen LogP contribution in [0.5, 0.6) is 5.75 Å². The Morgan fingerprint density at radius 1 is 1.10 bits per heavy atom. The van der Waals surface area contributed by atoms with Crippen LogP contribution in [0.15, 0.2) is 48.7 Å². The first-order valence-electron chi connectivity index (χ1n) is 9.64. The predicted molar refractivity (Wildman–Crippen MR) is 118 cm³/mol. The molecule has 0 aliphatic rings. The molecular weight excluding hydrogens is 362 g/mol.